The second-order valence-electron chi connectivity index (χ2n) is 6.48. The second kappa shape index (κ2) is 7.52. The van der Waals surface area contributed by atoms with Gasteiger partial charge in [0.2, 0.25) is 0 Å². The Bertz CT molecular complexity index is 921. The van der Waals surface area contributed by atoms with E-state index in [-0.39, 0.29) is 22.3 Å². The van der Waals surface area contributed by atoms with E-state index < -0.39 is 34.4 Å². The van der Waals surface area contributed by atoms with E-state index in [0.717, 1.165) is 22.2 Å². The van der Waals surface area contributed by atoms with Gasteiger partial charge in [-0.05, 0) is 37.6 Å². The van der Waals surface area contributed by atoms with E-state index in [1.165, 1.54) is 7.05 Å². The van der Waals surface area contributed by atoms with Gasteiger partial charge < -0.3 is 9.80 Å². The van der Waals surface area contributed by atoms with Crippen LogP contribution in [-0.4, -0.2) is 39.8 Å². The summed E-state index contributed by atoms with van der Waals surface area (Å²) in [6.07, 6.45) is 0. The van der Waals surface area contributed by atoms with E-state index in [1.54, 1.807) is 4.90 Å². The van der Waals surface area contributed by atoms with Gasteiger partial charge in [0.1, 0.15) is 23.5 Å². The number of nitrogens with zero attached hydrogens (tertiary/aromatic N) is 3. The quantitative estimate of drug-likeness (QED) is 0.725. The third kappa shape index (κ3) is 3.96. The molecule has 1 aromatic carbocycles. The number of aryl methyl sites for hydroxylation is 2. The predicted octanol–water partition coefficient (Wildman–Crippen LogP) is 3.19. The Kier molecular flexibility index (Phi) is 5.48. The molecule has 1 aliphatic heterocycles. The molecule has 1 saturated heterocycles. The zero-order valence-electron chi connectivity index (χ0n) is 15.0. The predicted molar refractivity (Wildman–Crippen MR) is 103 cm³/mol. The SMILES string of the molecule is Cc1cc(C)nc(N2CS(=O)C[C@H]2C(=O)N(C)c2cc(Cl)c(F)cc2F)c1. The van der Waals surface area contributed by atoms with E-state index in [1.807, 2.05) is 26.0 Å². The van der Waals surface area contributed by atoms with Crippen LogP contribution in [0, 0.1) is 25.5 Å². The fourth-order valence-corrected chi connectivity index (χ4v) is 4.63. The van der Waals surface area contributed by atoms with Gasteiger partial charge in [-0.2, -0.15) is 0 Å². The van der Waals surface area contributed by atoms with Gasteiger partial charge in [-0.25, -0.2) is 13.8 Å². The molecule has 2 atom stereocenters. The Labute approximate surface area is 163 Å². The van der Waals surface area contributed by atoms with Crippen molar-refractivity contribution in [3.8, 4) is 0 Å². The van der Waals surface area contributed by atoms with Crippen LogP contribution in [0.2, 0.25) is 5.02 Å². The first-order chi connectivity index (χ1) is 12.7. The fraction of sp³-hybridized carbons (Fsp3) is 0.333. The Morgan fingerprint density at radius 2 is 1.96 bits per heavy atom. The van der Waals surface area contributed by atoms with Crippen molar-refractivity contribution in [2.24, 2.45) is 0 Å². The standard InChI is InChI=1S/C18H18ClF2N3O2S/c1-10-4-11(2)22-17(5-10)24-9-27(26)8-16(24)18(25)23(3)15-6-12(19)13(20)7-14(15)21/h4-7,16H,8-9H2,1-3H3/t16-,27?/m0/s1. The summed E-state index contributed by atoms with van der Waals surface area (Å²) in [5.74, 6) is -1.46. The highest BCUT2D eigenvalue weighted by molar-refractivity contribution is 7.85. The highest BCUT2D eigenvalue weighted by atomic mass is 35.5. The van der Waals surface area contributed by atoms with Gasteiger partial charge in [-0.3, -0.25) is 9.00 Å². The van der Waals surface area contributed by atoms with Gasteiger partial charge in [0.15, 0.2) is 0 Å². The van der Waals surface area contributed by atoms with Crippen molar-refractivity contribution in [3.63, 3.8) is 0 Å². The summed E-state index contributed by atoms with van der Waals surface area (Å²) in [6.45, 7) is 3.74. The summed E-state index contributed by atoms with van der Waals surface area (Å²) in [5, 5.41) is -0.283. The number of likely N-dealkylation sites (N-methyl/N-ethyl adjacent to an activating group) is 1. The van der Waals surface area contributed by atoms with Crippen LogP contribution < -0.4 is 9.80 Å². The van der Waals surface area contributed by atoms with Crippen LogP contribution in [0.25, 0.3) is 0 Å². The van der Waals surface area contributed by atoms with Crippen molar-refractivity contribution < 1.29 is 17.8 Å². The van der Waals surface area contributed by atoms with Crippen LogP contribution in [0.5, 0.6) is 0 Å². The number of anilines is 2. The zero-order valence-corrected chi connectivity index (χ0v) is 16.6. The summed E-state index contributed by atoms with van der Waals surface area (Å²) < 4.78 is 39.7. The van der Waals surface area contributed by atoms with E-state index >= 15 is 0 Å². The maximum Gasteiger partial charge on any atom is 0.250 e. The smallest absolute Gasteiger partial charge is 0.250 e. The minimum atomic E-state index is -1.25. The number of benzene rings is 1. The first kappa shape index (κ1) is 19.7. The molecule has 0 radical (unpaired) electrons. The van der Waals surface area contributed by atoms with Crippen LogP contribution in [0.4, 0.5) is 20.3 Å². The lowest BCUT2D eigenvalue weighted by molar-refractivity contribution is -0.119. The molecule has 144 valence electrons. The van der Waals surface area contributed by atoms with Gasteiger partial charge in [0, 0.05) is 29.6 Å². The monoisotopic (exact) mass is 413 g/mol. The van der Waals surface area contributed by atoms with Crippen molar-refractivity contribution in [1.82, 2.24) is 4.98 Å². The molecule has 2 heterocycles. The molecule has 0 bridgehead atoms. The third-order valence-corrected chi connectivity index (χ3v) is 5.89. The molecule has 1 amide bonds. The van der Waals surface area contributed by atoms with Crippen molar-refractivity contribution in [1.29, 1.82) is 0 Å². The Morgan fingerprint density at radius 1 is 1.26 bits per heavy atom. The van der Waals surface area contributed by atoms with Gasteiger partial charge in [-0.15, -0.1) is 0 Å². The molecule has 1 unspecified atom stereocenters. The summed E-state index contributed by atoms with van der Waals surface area (Å²) in [7, 11) is 0.133. The van der Waals surface area contributed by atoms with E-state index in [0.29, 0.717) is 11.9 Å². The molecule has 0 N–H and O–H groups in total. The van der Waals surface area contributed by atoms with Crippen LogP contribution in [0.1, 0.15) is 11.3 Å². The van der Waals surface area contributed by atoms with E-state index in [2.05, 4.69) is 4.98 Å². The molecule has 3 rings (SSSR count). The number of hydrogen-bond donors (Lipinski definition) is 0. The van der Waals surface area contributed by atoms with Gasteiger partial charge >= 0.3 is 0 Å². The molecule has 9 heteroatoms. The molecule has 27 heavy (non-hydrogen) atoms. The number of carbonyl (C=O) groups excluding carboxylic acids is 1. The number of carbonyl (C=O) groups is 1. The Morgan fingerprint density at radius 3 is 2.63 bits per heavy atom. The Balaban J connectivity index is 1.94. The average Bonchev–Trinajstić information content (AvgIpc) is 2.98. The van der Waals surface area contributed by atoms with Crippen molar-refractivity contribution in [3.05, 3.63) is 52.2 Å². The van der Waals surface area contributed by atoms with Gasteiger partial charge in [-0.1, -0.05) is 11.6 Å². The van der Waals surface area contributed by atoms with Crippen molar-refractivity contribution in [2.75, 3.05) is 28.5 Å². The third-order valence-electron chi connectivity index (χ3n) is 4.35. The maximum absolute atomic E-state index is 14.2. The molecule has 0 spiro atoms. The summed E-state index contributed by atoms with van der Waals surface area (Å²) in [5.41, 5.74) is 1.60. The highest BCUT2D eigenvalue weighted by Crippen LogP contribution is 2.29. The average molecular weight is 414 g/mol. The normalized spacial score (nSPS) is 19.4. The molecule has 5 nitrogen and oxygen atoms in total. The van der Waals surface area contributed by atoms with Gasteiger partial charge in [0.05, 0.1) is 22.3 Å². The lowest BCUT2D eigenvalue weighted by atomic mass is 10.2. The number of hydrogen-bond acceptors (Lipinski definition) is 4. The van der Waals surface area contributed by atoms with Crippen LogP contribution >= 0.6 is 11.6 Å². The molecule has 1 aliphatic rings. The fourth-order valence-electron chi connectivity index (χ4n) is 3.07. The largest absolute Gasteiger partial charge is 0.332 e. The minimum absolute atomic E-state index is 0.106. The first-order valence-electron chi connectivity index (χ1n) is 8.16. The molecule has 1 aromatic heterocycles. The minimum Gasteiger partial charge on any atom is -0.332 e. The molecular formula is C18H18ClF2N3O2S. The summed E-state index contributed by atoms with van der Waals surface area (Å²) in [6, 6.07) is 4.64. The lowest BCUT2D eigenvalue weighted by Crippen LogP contribution is -2.46. The molecule has 0 saturated carbocycles. The molecule has 1 fully saturated rings. The second-order valence-corrected chi connectivity index (χ2v) is 8.36. The molecule has 2 aromatic rings. The van der Waals surface area contributed by atoms with Crippen LogP contribution in [-0.2, 0) is 15.6 Å². The Hall–Kier alpha value is -2.06. The summed E-state index contributed by atoms with van der Waals surface area (Å²) >= 11 is 5.73. The number of halogens is 3. The molecule has 0 aliphatic carbocycles. The first-order valence-corrected chi connectivity index (χ1v) is 10.0. The van der Waals surface area contributed by atoms with Crippen LogP contribution in [0.15, 0.2) is 24.3 Å². The van der Waals surface area contributed by atoms with E-state index in [9.17, 15) is 17.8 Å². The van der Waals surface area contributed by atoms with E-state index in [4.69, 9.17) is 11.6 Å². The van der Waals surface area contributed by atoms with Crippen LogP contribution in [0.3, 0.4) is 0 Å². The number of aromatic nitrogens is 1. The maximum atomic E-state index is 14.2. The zero-order chi connectivity index (χ0) is 19.9. The summed E-state index contributed by atoms with van der Waals surface area (Å²) in [4.78, 5) is 20.2. The number of rotatable bonds is 3. The number of pyridine rings is 1. The number of amides is 1. The van der Waals surface area contributed by atoms with Crippen molar-refractivity contribution in [2.45, 2.75) is 19.9 Å². The van der Waals surface area contributed by atoms with Gasteiger partial charge in [0.25, 0.3) is 5.91 Å². The lowest BCUT2D eigenvalue weighted by Gasteiger charge is -2.28. The van der Waals surface area contributed by atoms with Crippen molar-refractivity contribution >= 4 is 39.8 Å². The highest BCUT2D eigenvalue weighted by Gasteiger charge is 2.38. The molecular weight excluding hydrogens is 396 g/mol. The topological polar surface area (TPSA) is 53.5 Å².